The van der Waals surface area contributed by atoms with Gasteiger partial charge in [0.1, 0.15) is 12.4 Å². The topological polar surface area (TPSA) is 72.3 Å². The SMILES string of the molecule is O=C(COC1CCCC1)N1Cc2ccnn2C[C@@H](CNc2ccccn2)C1. The van der Waals surface area contributed by atoms with E-state index in [9.17, 15) is 4.79 Å². The first-order valence-electron chi connectivity index (χ1n) is 9.83. The highest BCUT2D eigenvalue weighted by Crippen LogP contribution is 2.21. The number of rotatable bonds is 6. The molecule has 2 aromatic heterocycles. The number of amides is 1. The minimum Gasteiger partial charge on any atom is -0.370 e. The Hall–Kier alpha value is -2.41. The van der Waals surface area contributed by atoms with E-state index >= 15 is 0 Å². The highest BCUT2D eigenvalue weighted by molar-refractivity contribution is 5.77. The van der Waals surface area contributed by atoms with E-state index in [0.717, 1.165) is 37.4 Å². The van der Waals surface area contributed by atoms with Crippen molar-refractivity contribution in [2.24, 2.45) is 5.92 Å². The van der Waals surface area contributed by atoms with E-state index in [1.165, 1.54) is 12.8 Å². The van der Waals surface area contributed by atoms with Gasteiger partial charge in [-0.1, -0.05) is 18.9 Å². The Bertz CT molecular complexity index is 742. The predicted octanol–water partition coefficient (Wildman–Crippen LogP) is 2.31. The zero-order valence-corrected chi connectivity index (χ0v) is 15.6. The smallest absolute Gasteiger partial charge is 0.248 e. The summed E-state index contributed by atoms with van der Waals surface area (Å²) in [6.45, 7) is 2.99. The van der Waals surface area contributed by atoms with Crippen molar-refractivity contribution in [3.05, 3.63) is 42.4 Å². The molecule has 3 heterocycles. The van der Waals surface area contributed by atoms with Crippen LogP contribution in [0.3, 0.4) is 0 Å². The molecule has 0 spiro atoms. The Morgan fingerprint density at radius 1 is 1.19 bits per heavy atom. The van der Waals surface area contributed by atoms with Gasteiger partial charge in [-0.15, -0.1) is 0 Å². The summed E-state index contributed by atoms with van der Waals surface area (Å²) in [5, 5.41) is 7.81. The molecule has 1 fully saturated rings. The highest BCUT2D eigenvalue weighted by Gasteiger charge is 2.26. The average Bonchev–Trinajstić information content (AvgIpc) is 3.34. The van der Waals surface area contributed by atoms with E-state index in [2.05, 4.69) is 15.4 Å². The van der Waals surface area contributed by atoms with Gasteiger partial charge in [0.05, 0.1) is 18.3 Å². The van der Waals surface area contributed by atoms with Crippen molar-refractivity contribution in [2.45, 2.75) is 44.9 Å². The van der Waals surface area contributed by atoms with Gasteiger partial charge in [0.2, 0.25) is 5.91 Å². The predicted molar refractivity (Wildman–Crippen MR) is 102 cm³/mol. The third-order valence-electron chi connectivity index (χ3n) is 5.40. The summed E-state index contributed by atoms with van der Waals surface area (Å²) in [6.07, 6.45) is 8.42. The van der Waals surface area contributed by atoms with E-state index in [-0.39, 0.29) is 24.5 Å². The van der Waals surface area contributed by atoms with E-state index in [1.54, 1.807) is 6.20 Å². The molecule has 2 aromatic rings. The van der Waals surface area contributed by atoms with Crippen LogP contribution in [0.1, 0.15) is 31.4 Å². The molecule has 27 heavy (non-hydrogen) atoms. The van der Waals surface area contributed by atoms with Gasteiger partial charge in [0.25, 0.3) is 0 Å². The summed E-state index contributed by atoms with van der Waals surface area (Å²) in [7, 11) is 0. The molecule has 0 radical (unpaired) electrons. The van der Waals surface area contributed by atoms with Gasteiger partial charge in [-0.25, -0.2) is 4.98 Å². The van der Waals surface area contributed by atoms with Crippen LogP contribution < -0.4 is 5.32 Å². The molecule has 1 aliphatic heterocycles. The molecule has 4 rings (SSSR count). The highest BCUT2D eigenvalue weighted by atomic mass is 16.5. The first-order valence-corrected chi connectivity index (χ1v) is 9.83. The number of fused-ring (bicyclic) bond motifs is 1. The monoisotopic (exact) mass is 369 g/mol. The maximum absolute atomic E-state index is 12.8. The van der Waals surface area contributed by atoms with E-state index < -0.39 is 0 Å². The molecule has 1 atom stereocenters. The third kappa shape index (κ3) is 4.66. The summed E-state index contributed by atoms with van der Waals surface area (Å²) in [5.74, 6) is 1.17. The molecule has 0 unspecified atom stereocenters. The van der Waals surface area contributed by atoms with Gasteiger partial charge in [0.15, 0.2) is 0 Å². The normalized spacial score (nSPS) is 20.3. The van der Waals surface area contributed by atoms with Crippen molar-refractivity contribution in [3.63, 3.8) is 0 Å². The number of anilines is 1. The minimum atomic E-state index is 0.0689. The summed E-state index contributed by atoms with van der Waals surface area (Å²) >= 11 is 0. The number of aromatic nitrogens is 3. The van der Waals surface area contributed by atoms with Crippen molar-refractivity contribution in [2.75, 3.05) is 25.0 Å². The fraction of sp³-hybridized carbons (Fsp3) is 0.550. The molecule has 1 aliphatic carbocycles. The third-order valence-corrected chi connectivity index (χ3v) is 5.40. The van der Waals surface area contributed by atoms with Crippen molar-refractivity contribution >= 4 is 11.7 Å². The molecule has 7 heteroatoms. The first-order chi connectivity index (χ1) is 13.3. The van der Waals surface area contributed by atoms with E-state index in [4.69, 9.17) is 4.74 Å². The van der Waals surface area contributed by atoms with Crippen molar-refractivity contribution in [1.82, 2.24) is 19.7 Å². The molecule has 1 N–H and O–H groups in total. The van der Waals surface area contributed by atoms with Crippen LogP contribution >= 0.6 is 0 Å². The molecule has 0 bridgehead atoms. The largest absolute Gasteiger partial charge is 0.370 e. The van der Waals surface area contributed by atoms with Crippen LogP contribution in [0.5, 0.6) is 0 Å². The Kier molecular flexibility index (Phi) is 5.67. The van der Waals surface area contributed by atoms with E-state index in [0.29, 0.717) is 13.1 Å². The number of hydrogen-bond donors (Lipinski definition) is 1. The number of nitrogens with one attached hydrogen (secondary N) is 1. The molecule has 1 amide bonds. The molecular weight excluding hydrogens is 342 g/mol. The lowest BCUT2D eigenvalue weighted by molar-refractivity contribution is -0.139. The van der Waals surface area contributed by atoms with Gasteiger partial charge < -0.3 is 15.0 Å². The first kappa shape index (κ1) is 18.0. The lowest BCUT2D eigenvalue weighted by Gasteiger charge is -2.25. The number of nitrogens with zero attached hydrogens (tertiary/aromatic N) is 4. The van der Waals surface area contributed by atoms with Crippen LogP contribution in [0.25, 0.3) is 0 Å². The van der Waals surface area contributed by atoms with Crippen molar-refractivity contribution < 1.29 is 9.53 Å². The second kappa shape index (κ2) is 8.52. The molecule has 0 aromatic carbocycles. The summed E-state index contributed by atoms with van der Waals surface area (Å²) in [5.41, 5.74) is 1.07. The van der Waals surface area contributed by atoms with Crippen LogP contribution in [0, 0.1) is 5.92 Å². The summed E-state index contributed by atoms with van der Waals surface area (Å²) in [6, 6.07) is 7.81. The summed E-state index contributed by atoms with van der Waals surface area (Å²) in [4.78, 5) is 19.0. The molecule has 7 nitrogen and oxygen atoms in total. The molecular formula is C20H27N5O2. The number of pyridine rings is 1. The minimum absolute atomic E-state index is 0.0689. The van der Waals surface area contributed by atoms with Gasteiger partial charge in [-0.3, -0.25) is 9.48 Å². The standard InChI is InChI=1S/C20H27N5O2/c26-20(15-27-18-5-1-2-6-18)24-12-16(11-22-19-7-3-4-9-21-19)13-25-17(14-24)8-10-23-25/h3-4,7-10,16,18H,1-2,5-6,11-15H2,(H,21,22)/t16-/m0/s1. The van der Waals surface area contributed by atoms with E-state index in [1.807, 2.05) is 40.0 Å². The number of carbonyl (C=O) groups is 1. The van der Waals surface area contributed by atoms with Crippen LogP contribution in [0.2, 0.25) is 0 Å². The van der Waals surface area contributed by atoms with Gasteiger partial charge in [0, 0.05) is 37.9 Å². The van der Waals surface area contributed by atoms with Crippen molar-refractivity contribution in [1.29, 1.82) is 0 Å². The Labute approximate surface area is 159 Å². The Morgan fingerprint density at radius 3 is 2.89 bits per heavy atom. The number of ether oxygens (including phenoxy) is 1. The van der Waals surface area contributed by atoms with Crippen molar-refractivity contribution in [3.8, 4) is 0 Å². The Balaban J connectivity index is 1.39. The van der Waals surface area contributed by atoms with Crippen LogP contribution in [-0.2, 0) is 22.6 Å². The van der Waals surface area contributed by atoms with Crippen LogP contribution in [0.4, 0.5) is 5.82 Å². The molecule has 1 saturated carbocycles. The number of hydrogen-bond acceptors (Lipinski definition) is 5. The molecule has 2 aliphatic rings. The fourth-order valence-corrected chi connectivity index (χ4v) is 3.90. The maximum Gasteiger partial charge on any atom is 0.248 e. The summed E-state index contributed by atoms with van der Waals surface area (Å²) < 4.78 is 7.86. The molecule has 0 saturated heterocycles. The zero-order valence-electron chi connectivity index (χ0n) is 15.6. The second-order valence-corrected chi connectivity index (χ2v) is 7.46. The lowest BCUT2D eigenvalue weighted by Crippen LogP contribution is -2.38. The lowest BCUT2D eigenvalue weighted by atomic mass is 10.1. The van der Waals surface area contributed by atoms with Crippen LogP contribution in [-0.4, -0.2) is 51.4 Å². The second-order valence-electron chi connectivity index (χ2n) is 7.46. The zero-order chi connectivity index (χ0) is 18.5. The maximum atomic E-state index is 12.8. The van der Waals surface area contributed by atoms with Gasteiger partial charge in [-0.05, 0) is 31.0 Å². The molecule has 144 valence electrons. The Morgan fingerprint density at radius 2 is 2.07 bits per heavy atom. The fourth-order valence-electron chi connectivity index (χ4n) is 3.90. The number of carbonyl (C=O) groups excluding carboxylic acids is 1. The quantitative estimate of drug-likeness (QED) is 0.846. The van der Waals surface area contributed by atoms with Gasteiger partial charge in [-0.2, -0.15) is 5.10 Å². The van der Waals surface area contributed by atoms with Gasteiger partial charge >= 0.3 is 0 Å². The average molecular weight is 369 g/mol. The van der Waals surface area contributed by atoms with Crippen LogP contribution in [0.15, 0.2) is 36.7 Å².